The van der Waals surface area contributed by atoms with Crippen molar-refractivity contribution in [2.24, 2.45) is 11.1 Å². The molecule has 0 aliphatic carbocycles. The van der Waals surface area contributed by atoms with Crippen molar-refractivity contribution < 1.29 is 32.0 Å². The van der Waals surface area contributed by atoms with Crippen LogP contribution in [-0.4, -0.2) is 57.8 Å². The third-order valence-electron chi connectivity index (χ3n) is 6.30. The maximum absolute atomic E-state index is 13.4. The van der Waals surface area contributed by atoms with E-state index in [4.69, 9.17) is 31.4 Å². The predicted octanol–water partition coefficient (Wildman–Crippen LogP) is 5.19. The molecule has 0 bridgehead atoms. The molecule has 1 atom stereocenters. The number of hydrogen-bond donors (Lipinski definition) is 3. The highest BCUT2D eigenvalue weighted by atomic mass is 35.5. The minimum Gasteiger partial charge on any atom is -0.463 e. The molecule has 2 rings (SSSR count). The van der Waals surface area contributed by atoms with Gasteiger partial charge >= 0.3 is 5.97 Å². The van der Waals surface area contributed by atoms with Crippen molar-refractivity contribution in [3.63, 3.8) is 0 Å². The zero-order chi connectivity index (χ0) is 31.1. The lowest BCUT2D eigenvalue weighted by Crippen LogP contribution is -2.34. The van der Waals surface area contributed by atoms with E-state index in [1.807, 2.05) is 39.0 Å². The molecule has 1 aromatic rings. The number of aldehydes is 1. The fourth-order valence-corrected chi connectivity index (χ4v) is 4.51. The number of ether oxygens (including phenoxy) is 2. The number of allylic oxidation sites excluding steroid dienone is 2. The Morgan fingerprint density at radius 3 is 2.27 bits per heavy atom. The predicted molar refractivity (Wildman–Crippen MR) is 161 cm³/mol. The van der Waals surface area contributed by atoms with Gasteiger partial charge in [0.25, 0.3) is 10.1 Å². The van der Waals surface area contributed by atoms with Crippen molar-refractivity contribution in [3.05, 3.63) is 57.4 Å². The molecule has 11 heteroatoms. The number of carbonyl (C=O) groups is 2. The van der Waals surface area contributed by atoms with Gasteiger partial charge in [-0.3, -0.25) is 9.35 Å². The fraction of sp³-hybridized carbons (Fsp3) is 0.586. The highest BCUT2D eigenvalue weighted by molar-refractivity contribution is 7.85. The molecule has 1 aliphatic rings. The number of nitrogens with one attached hydrogen (secondary N) is 1. The number of carbonyl (C=O) groups excluding carboxylic acids is 2. The third kappa shape index (κ3) is 12.1. The van der Waals surface area contributed by atoms with Crippen molar-refractivity contribution in [3.8, 4) is 0 Å². The molecule has 0 radical (unpaired) electrons. The molecule has 228 valence electrons. The smallest absolute Gasteiger partial charge is 0.336 e. The first kappa shape index (κ1) is 37.8. The summed E-state index contributed by atoms with van der Waals surface area (Å²) >= 11 is 6.63. The molecular formula is C29H47ClN2O7S. The largest absolute Gasteiger partial charge is 0.463 e. The van der Waals surface area contributed by atoms with Gasteiger partial charge in [0, 0.05) is 28.3 Å². The Morgan fingerprint density at radius 2 is 1.80 bits per heavy atom. The van der Waals surface area contributed by atoms with E-state index in [-0.39, 0.29) is 18.6 Å². The summed E-state index contributed by atoms with van der Waals surface area (Å²) in [5, 5.41) is 3.94. The van der Waals surface area contributed by atoms with Crippen molar-refractivity contribution >= 4 is 34.0 Å². The normalized spacial score (nSPS) is 17.5. The third-order valence-corrected chi connectivity index (χ3v) is 6.63. The summed E-state index contributed by atoms with van der Waals surface area (Å²) in [6.45, 7) is 15.2. The summed E-state index contributed by atoms with van der Waals surface area (Å²) in [7, 11) is -3.67. The molecule has 0 saturated carbocycles. The van der Waals surface area contributed by atoms with E-state index in [0.717, 1.165) is 24.0 Å². The van der Waals surface area contributed by atoms with Crippen LogP contribution in [0.2, 0.25) is 5.02 Å². The molecule has 0 aromatic heterocycles. The van der Waals surface area contributed by atoms with Gasteiger partial charge in [0.05, 0.1) is 37.3 Å². The maximum atomic E-state index is 13.4. The van der Waals surface area contributed by atoms with Crippen molar-refractivity contribution in [2.75, 3.05) is 32.6 Å². The number of halogens is 1. The summed E-state index contributed by atoms with van der Waals surface area (Å²) in [4.78, 5) is 25.7. The topological polar surface area (TPSA) is 145 Å². The van der Waals surface area contributed by atoms with Gasteiger partial charge in [0.1, 0.15) is 6.29 Å². The van der Waals surface area contributed by atoms with E-state index in [1.54, 1.807) is 13.0 Å². The number of esters is 1. The molecule has 0 amide bonds. The number of nitrogens with two attached hydrogens (primary N) is 1. The second-order valence-electron chi connectivity index (χ2n) is 10.1. The van der Waals surface area contributed by atoms with Gasteiger partial charge in [-0.1, -0.05) is 77.8 Å². The van der Waals surface area contributed by atoms with Crippen LogP contribution in [0.25, 0.3) is 0 Å². The summed E-state index contributed by atoms with van der Waals surface area (Å²) in [6, 6.07) is 7.40. The lowest BCUT2D eigenvalue weighted by Gasteiger charge is -2.33. The van der Waals surface area contributed by atoms with Gasteiger partial charge in [0.15, 0.2) is 0 Å². The average Bonchev–Trinajstić information content (AvgIpc) is 2.98. The Morgan fingerprint density at radius 1 is 1.23 bits per heavy atom. The Bertz CT molecular complexity index is 1140. The summed E-state index contributed by atoms with van der Waals surface area (Å²) in [6.07, 6.45) is 3.48. The Kier molecular flexibility index (Phi) is 16.6. The second-order valence-corrected chi connectivity index (χ2v) is 12.0. The van der Waals surface area contributed by atoms with Crippen LogP contribution in [0.4, 0.5) is 0 Å². The van der Waals surface area contributed by atoms with Gasteiger partial charge in [-0.05, 0) is 36.8 Å². The fourth-order valence-electron chi connectivity index (χ4n) is 4.16. The molecule has 1 aliphatic heterocycles. The van der Waals surface area contributed by atoms with Crippen LogP contribution in [0.3, 0.4) is 0 Å². The molecule has 0 spiro atoms. The van der Waals surface area contributed by atoms with E-state index in [9.17, 15) is 18.0 Å². The Hall–Kier alpha value is -2.24. The zero-order valence-corrected chi connectivity index (χ0v) is 26.7. The molecule has 4 N–H and O–H groups in total. The summed E-state index contributed by atoms with van der Waals surface area (Å²) in [5.41, 5.74) is 7.81. The molecule has 0 fully saturated rings. The Labute approximate surface area is 245 Å². The van der Waals surface area contributed by atoms with E-state index in [1.165, 1.54) is 0 Å². The van der Waals surface area contributed by atoms with E-state index < -0.39 is 21.5 Å². The average molecular weight is 603 g/mol. The number of hydrogen-bond acceptors (Lipinski definition) is 8. The van der Waals surface area contributed by atoms with Gasteiger partial charge in [0.2, 0.25) is 0 Å². The maximum Gasteiger partial charge on any atom is 0.336 e. The van der Waals surface area contributed by atoms with E-state index in [0.29, 0.717) is 54.1 Å². The monoisotopic (exact) mass is 602 g/mol. The van der Waals surface area contributed by atoms with Crippen molar-refractivity contribution in [2.45, 2.75) is 73.1 Å². The van der Waals surface area contributed by atoms with E-state index >= 15 is 0 Å². The first-order valence-electron chi connectivity index (χ1n) is 13.4. The number of rotatable bonds is 11. The van der Waals surface area contributed by atoms with E-state index in [2.05, 4.69) is 26.1 Å². The number of benzene rings is 1. The van der Waals surface area contributed by atoms with Crippen LogP contribution in [0.1, 0.15) is 73.3 Å². The van der Waals surface area contributed by atoms with Crippen LogP contribution < -0.4 is 11.1 Å². The highest BCUT2D eigenvalue weighted by Gasteiger charge is 2.43. The molecule has 0 unspecified atom stereocenters. The second kappa shape index (κ2) is 17.5. The SMILES string of the molecule is CC.CCOC(=O)C1=C(COCCN)NC(CC(C)(C)CC)=C(C=O)C[C@]1(C)c1ccccc1Cl.CS(=O)(=O)O. The summed E-state index contributed by atoms with van der Waals surface area (Å²) in [5.74, 6) is -0.458. The van der Waals surface area contributed by atoms with Gasteiger partial charge in [-0.15, -0.1) is 0 Å². The first-order valence-corrected chi connectivity index (χ1v) is 15.7. The summed E-state index contributed by atoms with van der Waals surface area (Å²) < 4.78 is 37.1. The highest BCUT2D eigenvalue weighted by Crippen LogP contribution is 2.45. The molecular weight excluding hydrogens is 556 g/mol. The first-order chi connectivity index (χ1) is 18.6. The van der Waals surface area contributed by atoms with Crippen LogP contribution in [0, 0.1) is 5.41 Å². The van der Waals surface area contributed by atoms with Gasteiger partial charge in [-0.25, -0.2) is 4.79 Å². The van der Waals surface area contributed by atoms with Gasteiger partial charge in [-0.2, -0.15) is 8.42 Å². The van der Waals surface area contributed by atoms with Gasteiger partial charge < -0.3 is 20.5 Å². The lowest BCUT2D eigenvalue weighted by molar-refractivity contribution is -0.139. The molecule has 1 heterocycles. The van der Waals surface area contributed by atoms with Crippen molar-refractivity contribution in [1.82, 2.24) is 5.32 Å². The van der Waals surface area contributed by atoms with Crippen LogP contribution in [-0.2, 0) is 34.6 Å². The minimum atomic E-state index is -3.67. The lowest BCUT2D eigenvalue weighted by atomic mass is 9.70. The van der Waals surface area contributed by atoms with Crippen LogP contribution in [0.5, 0.6) is 0 Å². The van der Waals surface area contributed by atoms with Crippen LogP contribution in [0.15, 0.2) is 46.8 Å². The molecule has 0 saturated heterocycles. The standard InChI is InChI=1S/C26H37ClN2O4.C2H6.CH4O3S/c1-6-25(3,4)15-21-18(16-30)14-26(5,19-10-8-9-11-20(19)27)23(24(31)33-7-2)22(29-21)17-32-13-12-28;1-2;1-5(2,3)4/h8-11,16,29H,6-7,12-15,17,28H2,1-5H3;1-2H3;1H3,(H,2,3,4)/t26-;;/m1../s1. The Balaban J connectivity index is 0.00000195. The van der Waals surface area contributed by atoms with Crippen LogP contribution >= 0.6 is 11.6 Å². The quantitative estimate of drug-likeness (QED) is 0.135. The van der Waals surface area contributed by atoms with Crippen molar-refractivity contribution in [1.29, 1.82) is 0 Å². The molecule has 1 aromatic carbocycles. The zero-order valence-electron chi connectivity index (χ0n) is 25.1. The molecule has 40 heavy (non-hydrogen) atoms. The minimum absolute atomic E-state index is 0.0466. The molecule has 9 nitrogen and oxygen atoms in total.